The monoisotopic (exact) mass is 535 g/mol. The van der Waals surface area contributed by atoms with Crippen LogP contribution in [0.15, 0.2) is 36.8 Å². The van der Waals surface area contributed by atoms with E-state index in [0.29, 0.717) is 35.6 Å². The highest BCUT2D eigenvalue weighted by Gasteiger charge is 2.32. The van der Waals surface area contributed by atoms with Crippen molar-refractivity contribution in [3.8, 4) is 0 Å². The molecule has 1 N–H and O–H groups in total. The fourth-order valence-electron chi connectivity index (χ4n) is 4.97. The number of fused-ring (bicyclic) bond motifs is 2. The zero-order valence-corrected chi connectivity index (χ0v) is 23.2. The summed E-state index contributed by atoms with van der Waals surface area (Å²) in [5.74, 6) is -0.899. The van der Waals surface area contributed by atoms with Crippen LogP contribution in [0.2, 0.25) is 0 Å². The summed E-state index contributed by atoms with van der Waals surface area (Å²) in [5.41, 5.74) is 2.56. The Morgan fingerprint density at radius 2 is 2.00 bits per heavy atom. The van der Waals surface area contributed by atoms with Gasteiger partial charge in [0.25, 0.3) is 5.91 Å². The third-order valence-electron chi connectivity index (χ3n) is 6.89. The molecule has 10 nitrogen and oxygen atoms in total. The number of aromatic nitrogens is 4. The second kappa shape index (κ2) is 9.87. The number of halogens is 1. The summed E-state index contributed by atoms with van der Waals surface area (Å²) in [7, 11) is 1.77. The van der Waals surface area contributed by atoms with Crippen LogP contribution in [0.3, 0.4) is 0 Å². The molecule has 1 aliphatic rings. The number of carbonyl (C=O) groups is 2. The minimum absolute atomic E-state index is 0.00396. The Kier molecular flexibility index (Phi) is 6.69. The van der Waals surface area contributed by atoms with Crippen molar-refractivity contribution in [2.24, 2.45) is 0 Å². The molecule has 4 heterocycles. The molecule has 206 valence electrons. The first-order valence-electron chi connectivity index (χ1n) is 13.1. The Labute approximate surface area is 226 Å². The molecule has 4 aromatic rings. The number of hydrogen-bond donors (Lipinski definition) is 1. The summed E-state index contributed by atoms with van der Waals surface area (Å²) in [5, 5.41) is 8.33. The summed E-state index contributed by atoms with van der Waals surface area (Å²) in [6, 6.07) is 4.93. The maximum atomic E-state index is 14.6. The van der Waals surface area contributed by atoms with Crippen LogP contribution in [-0.4, -0.2) is 67.8 Å². The SMILES string of the molecule is CCn1cc2c(N3CC[C@@H](N(C)C(=O)OC(C)(C)C)C3)ccc(C(=O)Nc3cc(F)c4nc(C)cn4c3)c2n1. The molecule has 11 heteroatoms. The van der Waals surface area contributed by atoms with Gasteiger partial charge in [0.2, 0.25) is 0 Å². The van der Waals surface area contributed by atoms with Crippen LogP contribution in [0.5, 0.6) is 0 Å². The number of carbonyl (C=O) groups excluding carboxylic acids is 2. The summed E-state index contributed by atoms with van der Waals surface area (Å²) < 4.78 is 23.5. The van der Waals surface area contributed by atoms with Gasteiger partial charge in [-0.15, -0.1) is 0 Å². The van der Waals surface area contributed by atoms with Crippen molar-refractivity contribution >= 4 is 39.9 Å². The zero-order valence-electron chi connectivity index (χ0n) is 23.2. The molecule has 0 aliphatic carbocycles. The van der Waals surface area contributed by atoms with Gasteiger partial charge in [-0.05, 0) is 53.2 Å². The van der Waals surface area contributed by atoms with Crippen LogP contribution in [0.1, 0.15) is 50.2 Å². The van der Waals surface area contributed by atoms with Gasteiger partial charge >= 0.3 is 6.09 Å². The van der Waals surface area contributed by atoms with Gasteiger partial charge in [0.15, 0.2) is 11.5 Å². The number of ether oxygens (including phenoxy) is 1. The van der Waals surface area contributed by atoms with Crippen LogP contribution in [0, 0.1) is 12.7 Å². The smallest absolute Gasteiger partial charge is 0.410 e. The lowest BCUT2D eigenvalue weighted by atomic mass is 10.1. The van der Waals surface area contributed by atoms with E-state index < -0.39 is 11.4 Å². The first-order chi connectivity index (χ1) is 18.4. The van der Waals surface area contributed by atoms with E-state index in [4.69, 9.17) is 4.74 Å². The molecule has 0 unspecified atom stereocenters. The summed E-state index contributed by atoms with van der Waals surface area (Å²) in [6.07, 6.45) is 5.73. The van der Waals surface area contributed by atoms with Crippen molar-refractivity contribution in [1.29, 1.82) is 0 Å². The number of pyridine rings is 1. The molecular weight excluding hydrogens is 501 g/mol. The van der Waals surface area contributed by atoms with Crippen molar-refractivity contribution in [3.05, 3.63) is 53.9 Å². The second-order valence-electron chi connectivity index (χ2n) is 11.0. The molecule has 5 rings (SSSR count). The van der Waals surface area contributed by atoms with E-state index in [2.05, 4.69) is 20.3 Å². The molecule has 1 aliphatic heterocycles. The highest BCUT2D eigenvalue weighted by atomic mass is 19.1. The fraction of sp³-hybridized carbons (Fsp3) is 0.429. The van der Waals surface area contributed by atoms with Crippen LogP contribution in [0.4, 0.5) is 20.6 Å². The number of nitrogens with zero attached hydrogens (tertiary/aromatic N) is 6. The molecule has 0 bridgehead atoms. The number of amides is 2. The first-order valence-corrected chi connectivity index (χ1v) is 13.1. The van der Waals surface area contributed by atoms with Crippen molar-refractivity contribution in [1.82, 2.24) is 24.1 Å². The van der Waals surface area contributed by atoms with Gasteiger partial charge in [-0.2, -0.15) is 5.10 Å². The Balaban J connectivity index is 1.40. The minimum Gasteiger partial charge on any atom is -0.444 e. The maximum absolute atomic E-state index is 14.6. The number of nitrogens with one attached hydrogen (secondary N) is 1. The maximum Gasteiger partial charge on any atom is 0.410 e. The van der Waals surface area contributed by atoms with E-state index in [9.17, 15) is 14.0 Å². The van der Waals surface area contributed by atoms with Gasteiger partial charge in [0.1, 0.15) is 11.1 Å². The van der Waals surface area contributed by atoms with E-state index in [-0.39, 0.29) is 23.7 Å². The third kappa shape index (κ3) is 5.25. The van der Waals surface area contributed by atoms with Crippen molar-refractivity contribution in [3.63, 3.8) is 0 Å². The average Bonchev–Trinajstić information content (AvgIpc) is 3.59. The quantitative estimate of drug-likeness (QED) is 0.393. The topological polar surface area (TPSA) is 97.0 Å². The predicted octanol–water partition coefficient (Wildman–Crippen LogP) is 4.85. The normalized spacial score (nSPS) is 15.8. The molecule has 1 fully saturated rings. The average molecular weight is 536 g/mol. The van der Waals surface area contributed by atoms with Gasteiger partial charge in [-0.3, -0.25) is 9.48 Å². The van der Waals surface area contributed by atoms with Crippen LogP contribution < -0.4 is 10.2 Å². The molecule has 2 amide bonds. The molecule has 39 heavy (non-hydrogen) atoms. The molecule has 1 saturated heterocycles. The molecule has 0 saturated carbocycles. The Morgan fingerprint density at radius 1 is 1.23 bits per heavy atom. The number of imidazole rings is 1. The molecule has 3 aromatic heterocycles. The highest BCUT2D eigenvalue weighted by molar-refractivity contribution is 6.14. The molecule has 0 radical (unpaired) electrons. The predicted molar refractivity (Wildman–Crippen MR) is 148 cm³/mol. The summed E-state index contributed by atoms with van der Waals surface area (Å²) in [4.78, 5) is 34.0. The van der Waals surface area contributed by atoms with Crippen molar-refractivity contribution in [2.45, 2.75) is 59.2 Å². The summed E-state index contributed by atoms with van der Waals surface area (Å²) >= 11 is 0. The van der Waals surface area contributed by atoms with Gasteiger partial charge < -0.3 is 24.3 Å². The fourth-order valence-corrected chi connectivity index (χ4v) is 4.97. The Hall–Kier alpha value is -4.15. The second-order valence-corrected chi connectivity index (χ2v) is 11.0. The van der Waals surface area contributed by atoms with E-state index >= 15 is 0 Å². The van der Waals surface area contributed by atoms with Crippen molar-refractivity contribution < 1.29 is 18.7 Å². The molecular formula is C28H34FN7O3. The van der Waals surface area contributed by atoms with Gasteiger partial charge in [0, 0.05) is 62.4 Å². The summed E-state index contributed by atoms with van der Waals surface area (Å²) in [6.45, 7) is 11.4. The number of benzene rings is 1. The number of aryl methyl sites for hydroxylation is 2. The lowest BCUT2D eigenvalue weighted by Crippen LogP contribution is -2.42. The van der Waals surface area contributed by atoms with Crippen LogP contribution >= 0.6 is 0 Å². The minimum atomic E-state index is -0.559. The number of anilines is 2. The van der Waals surface area contributed by atoms with E-state index in [1.54, 1.807) is 46.4 Å². The zero-order chi connectivity index (χ0) is 28.1. The number of rotatable bonds is 5. The van der Waals surface area contributed by atoms with Gasteiger partial charge in [0.05, 0.1) is 23.0 Å². The number of likely N-dealkylation sites (N-methyl/N-ethyl adjacent to an activating group) is 1. The third-order valence-corrected chi connectivity index (χ3v) is 6.89. The van der Waals surface area contributed by atoms with Crippen LogP contribution in [0.25, 0.3) is 16.6 Å². The first kappa shape index (κ1) is 26.5. The van der Waals surface area contributed by atoms with E-state index in [1.165, 1.54) is 6.07 Å². The van der Waals surface area contributed by atoms with Gasteiger partial charge in [-0.25, -0.2) is 14.2 Å². The van der Waals surface area contributed by atoms with E-state index in [1.807, 2.05) is 40.0 Å². The standard InChI is InChI=1S/C28H34FN7O3/c1-7-36-16-21-23(34-11-10-19(15-34)33(6)27(38)39-28(3,4)5)9-8-20(24(21)32-36)26(37)31-18-12-22(29)25-30-17(2)13-35(25)14-18/h8-9,12-14,16,19H,7,10-11,15H2,1-6H3,(H,31,37)/t19-/m1/s1. The lowest BCUT2D eigenvalue weighted by Gasteiger charge is -2.29. The van der Waals surface area contributed by atoms with Crippen molar-refractivity contribution in [2.75, 3.05) is 30.4 Å². The molecule has 1 atom stereocenters. The Morgan fingerprint density at radius 3 is 2.72 bits per heavy atom. The molecule has 0 spiro atoms. The van der Waals surface area contributed by atoms with Crippen LogP contribution in [-0.2, 0) is 11.3 Å². The molecule has 1 aromatic carbocycles. The highest BCUT2D eigenvalue weighted by Crippen LogP contribution is 2.33. The number of hydrogen-bond acceptors (Lipinski definition) is 6. The lowest BCUT2D eigenvalue weighted by molar-refractivity contribution is 0.0237. The largest absolute Gasteiger partial charge is 0.444 e. The van der Waals surface area contributed by atoms with E-state index in [0.717, 1.165) is 24.0 Å². The van der Waals surface area contributed by atoms with Gasteiger partial charge in [-0.1, -0.05) is 0 Å². The Bertz CT molecular complexity index is 1570.